The number of carbonyl (C=O) groups is 1. The van der Waals surface area contributed by atoms with Crippen molar-refractivity contribution in [3.05, 3.63) is 53.3 Å². The van der Waals surface area contributed by atoms with Gasteiger partial charge in [0.05, 0.1) is 11.9 Å². The SMILES string of the molecule is CCC1CCCCN1c1ccc(C(=O)Nc2ccc(C)cc2C)nc1. The highest BCUT2D eigenvalue weighted by Gasteiger charge is 2.21. The molecule has 1 amide bonds. The van der Waals surface area contributed by atoms with Gasteiger partial charge in [-0.05, 0) is 63.3 Å². The fourth-order valence-electron chi connectivity index (χ4n) is 3.60. The molecule has 1 aliphatic heterocycles. The fourth-order valence-corrected chi connectivity index (χ4v) is 3.60. The van der Waals surface area contributed by atoms with E-state index in [0.717, 1.165) is 29.9 Å². The minimum Gasteiger partial charge on any atom is -0.367 e. The Hall–Kier alpha value is -2.36. The van der Waals surface area contributed by atoms with Gasteiger partial charge in [-0.1, -0.05) is 24.6 Å². The van der Waals surface area contributed by atoms with E-state index in [1.807, 2.05) is 44.3 Å². The summed E-state index contributed by atoms with van der Waals surface area (Å²) in [5.74, 6) is -0.163. The van der Waals surface area contributed by atoms with E-state index in [4.69, 9.17) is 0 Å². The Kier molecular flexibility index (Phi) is 5.37. The van der Waals surface area contributed by atoms with Crippen molar-refractivity contribution in [2.24, 2.45) is 0 Å². The average Bonchev–Trinajstić information content (AvgIpc) is 2.64. The Bertz CT molecular complexity index is 739. The third kappa shape index (κ3) is 4.01. The molecule has 1 aromatic heterocycles. The molecule has 0 bridgehead atoms. The number of nitrogens with one attached hydrogen (secondary N) is 1. The van der Waals surface area contributed by atoms with E-state index in [0.29, 0.717) is 11.7 Å². The average molecular weight is 337 g/mol. The molecule has 0 spiro atoms. The topological polar surface area (TPSA) is 45.2 Å². The summed E-state index contributed by atoms with van der Waals surface area (Å²) in [4.78, 5) is 19.3. The van der Waals surface area contributed by atoms with E-state index in [1.165, 1.54) is 24.8 Å². The summed E-state index contributed by atoms with van der Waals surface area (Å²) in [5, 5.41) is 2.96. The molecule has 1 N–H and O–H groups in total. The third-order valence-corrected chi connectivity index (χ3v) is 5.04. The quantitative estimate of drug-likeness (QED) is 0.878. The number of nitrogens with zero attached hydrogens (tertiary/aromatic N) is 2. The van der Waals surface area contributed by atoms with Gasteiger partial charge in [-0.3, -0.25) is 4.79 Å². The first-order valence-electron chi connectivity index (χ1n) is 9.19. The van der Waals surface area contributed by atoms with Gasteiger partial charge in [-0.15, -0.1) is 0 Å². The summed E-state index contributed by atoms with van der Waals surface area (Å²) in [5.41, 5.74) is 4.65. The van der Waals surface area contributed by atoms with Crippen LogP contribution in [0.15, 0.2) is 36.5 Å². The summed E-state index contributed by atoms with van der Waals surface area (Å²) in [6.07, 6.45) is 6.76. The lowest BCUT2D eigenvalue weighted by Crippen LogP contribution is -2.39. The minimum atomic E-state index is -0.163. The molecular formula is C21H27N3O. The predicted octanol–water partition coefficient (Wildman–Crippen LogP) is 4.72. The van der Waals surface area contributed by atoms with Gasteiger partial charge in [0.25, 0.3) is 5.91 Å². The zero-order chi connectivity index (χ0) is 17.8. The van der Waals surface area contributed by atoms with Crippen molar-refractivity contribution < 1.29 is 4.79 Å². The minimum absolute atomic E-state index is 0.163. The number of anilines is 2. The molecule has 4 nitrogen and oxygen atoms in total. The standard InChI is InChI=1S/C21H27N3O/c1-4-17-7-5-6-12-24(17)18-9-11-20(22-14-18)21(25)23-19-10-8-15(2)13-16(19)3/h8-11,13-14,17H,4-7,12H2,1-3H3,(H,23,25). The lowest BCUT2D eigenvalue weighted by atomic mass is 9.99. The Morgan fingerprint density at radius 2 is 2.08 bits per heavy atom. The largest absolute Gasteiger partial charge is 0.367 e. The molecule has 1 unspecified atom stereocenters. The molecule has 0 radical (unpaired) electrons. The van der Waals surface area contributed by atoms with Crippen molar-refractivity contribution >= 4 is 17.3 Å². The normalized spacial score (nSPS) is 17.4. The van der Waals surface area contributed by atoms with E-state index < -0.39 is 0 Å². The molecule has 25 heavy (non-hydrogen) atoms. The zero-order valence-corrected chi connectivity index (χ0v) is 15.4. The van der Waals surface area contributed by atoms with Crippen molar-refractivity contribution in [2.45, 2.75) is 52.5 Å². The maximum absolute atomic E-state index is 12.5. The summed E-state index contributed by atoms with van der Waals surface area (Å²) in [7, 11) is 0. The fraction of sp³-hybridized carbons (Fsp3) is 0.429. The molecule has 0 aliphatic carbocycles. The van der Waals surface area contributed by atoms with Crippen LogP contribution < -0.4 is 10.2 Å². The van der Waals surface area contributed by atoms with E-state index in [2.05, 4.69) is 28.2 Å². The van der Waals surface area contributed by atoms with Crippen LogP contribution in [0.3, 0.4) is 0 Å². The number of aryl methyl sites for hydroxylation is 2. The van der Waals surface area contributed by atoms with Gasteiger partial charge >= 0.3 is 0 Å². The molecule has 132 valence electrons. The maximum Gasteiger partial charge on any atom is 0.274 e. The van der Waals surface area contributed by atoms with Crippen molar-refractivity contribution in [2.75, 3.05) is 16.8 Å². The van der Waals surface area contributed by atoms with E-state index in [-0.39, 0.29) is 5.91 Å². The number of piperidine rings is 1. The Labute approximate surface area is 150 Å². The smallest absolute Gasteiger partial charge is 0.274 e. The number of aromatic nitrogens is 1. The summed E-state index contributed by atoms with van der Waals surface area (Å²) < 4.78 is 0. The number of benzene rings is 1. The van der Waals surface area contributed by atoms with Crippen LogP contribution in [-0.4, -0.2) is 23.5 Å². The van der Waals surface area contributed by atoms with Gasteiger partial charge in [-0.25, -0.2) is 4.98 Å². The Morgan fingerprint density at radius 1 is 1.24 bits per heavy atom. The Balaban J connectivity index is 1.72. The summed E-state index contributed by atoms with van der Waals surface area (Å²) in [6.45, 7) is 7.36. The molecule has 4 heteroatoms. The van der Waals surface area contributed by atoms with Crippen LogP contribution in [0.5, 0.6) is 0 Å². The van der Waals surface area contributed by atoms with E-state index in [9.17, 15) is 4.79 Å². The van der Waals surface area contributed by atoms with Crippen molar-refractivity contribution in [1.82, 2.24) is 4.98 Å². The number of carbonyl (C=O) groups excluding carboxylic acids is 1. The van der Waals surface area contributed by atoms with Crippen LogP contribution in [0.2, 0.25) is 0 Å². The molecule has 1 aromatic carbocycles. The first kappa shape index (κ1) is 17.5. The predicted molar refractivity (Wildman–Crippen MR) is 103 cm³/mol. The second-order valence-electron chi connectivity index (χ2n) is 6.93. The number of amides is 1. The molecular weight excluding hydrogens is 310 g/mol. The molecule has 1 saturated heterocycles. The van der Waals surface area contributed by atoms with Gasteiger partial charge in [-0.2, -0.15) is 0 Å². The second-order valence-corrected chi connectivity index (χ2v) is 6.93. The highest BCUT2D eigenvalue weighted by molar-refractivity contribution is 6.03. The molecule has 2 heterocycles. The first-order chi connectivity index (χ1) is 12.1. The molecule has 3 rings (SSSR count). The number of hydrogen-bond acceptors (Lipinski definition) is 3. The molecule has 1 aliphatic rings. The van der Waals surface area contributed by atoms with Gasteiger partial charge in [0, 0.05) is 18.3 Å². The molecule has 1 atom stereocenters. The van der Waals surface area contributed by atoms with Crippen molar-refractivity contribution in [3.63, 3.8) is 0 Å². The number of rotatable bonds is 4. The monoisotopic (exact) mass is 337 g/mol. The molecule has 2 aromatic rings. The lowest BCUT2D eigenvalue weighted by molar-refractivity contribution is 0.102. The van der Waals surface area contributed by atoms with Crippen LogP contribution in [0.1, 0.15) is 54.2 Å². The second kappa shape index (κ2) is 7.68. The number of pyridine rings is 1. The van der Waals surface area contributed by atoms with Crippen LogP contribution in [0.4, 0.5) is 11.4 Å². The maximum atomic E-state index is 12.5. The highest BCUT2D eigenvalue weighted by Crippen LogP contribution is 2.26. The van der Waals surface area contributed by atoms with E-state index in [1.54, 1.807) is 0 Å². The van der Waals surface area contributed by atoms with Gasteiger partial charge < -0.3 is 10.2 Å². The first-order valence-corrected chi connectivity index (χ1v) is 9.19. The zero-order valence-electron chi connectivity index (χ0n) is 15.4. The van der Waals surface area contributed by atoms with Crippen LogP contribution >= 0.6 is 0 Å². The Morgan fingerprint density at radius 3 is 2.76 bits per heavy atom. The van der Waals surface area contributed by atoms with Gasteiger partial charge in [0.2, 0.25) is 0 Å². The van der Waals surface area contributed by atoms with Crippen LogP contribution in [-0.2, 0) is 0 Å². The third-order valence-electron chi connectivity index (χ3n) is 5.04. The molecule has 1 fully saturated rings. The summed E-state index contributed by atoms with van der Waals surface area (Å²) in [6, 6.07) is 10.4. The van der Waals surface area contributed by atoms with Crippen LogP contribution in [0, 0.1) is 13.8 Å². The van der Waals surface area contributed by atoms with Gasteiger partial charge in [0.1, 0.15) is 5.69 Å². The van der Waals surface area contributed by atoms with Crippen molar-refractivity contribution in [1.29, 1.82) is 0 Å². The summed E-state index contributed by atoms with van der Waals surface area (Å²) >= 11 is 0. The lowest BCUT2D eigenvalue weighted by Gasteiger charge is -2.37. The van der Waals surface area contributed by atoms with Gasteiger partial charge in [0.15, 0.2) is 0 Å². The van der Waals surface area contributed by atoms with Crippen molar-refractivity contribution in [3.8, 4) is 0 Å². The highest BCUT2D eigenvalue weighted by atomic mass is 16.1. The molecule has 0 saturated carbocycles. The van der Waals surface area contributed by atoms with Crippen LogP contribution in [0.25, 0.3) is 0 Å². The number of hydrogen-bond donors (Lipinski definition) is 1. The van der Waals surface area contributed by atoms with E-state index >= 15 is 0 Å².